The van der Waals surface area contributed by atoms with Crippen molar-refractivity contribution in [2.75, 3.05) is 30.3 Å². The number of imidazole rings is 1. The van der Waals surface area contributed by atoms with E-state index in [0.717, 1.165) is 32.4 Å². The fraction of sp³-hybridized carbons (Fsp3) is 0.385. The van der Waals surface area contributed by atoms with E-state index in [2.05, 4.69) is 10.4 Å². The van der Waals surface area contributed by atoms with E-state index in [1.807, 2.05) is 5.01 Å². The first kappa shape index (κ1) is 36.7. The van der Waals surface area contributed by atoms with Crippen LogP contribution in [0.3, 0.4) is 0 Å². The Balaban J connectivity index is 0.000000477. The molecule has 0 bridgehead atoms. The molecule has 2 heterocycles. The second-order valence-corrected chi connectivity index (χ2v) is 15.7. The summed E-state index contributed by atoms with van der Waals surface area (Å²) >= 11 is 12.6. The molecule has 0 aliphatic carbocycles. The molecule has 0 atom stereocenters. The molecule has 1 amide bonds. The molecule has 4 rings (SSSR count). The van der Waals surface area contributed by atoms with Gasteiger partial charge >= 0.3 is 10.1 Å². The molecule has 1 aliphatic rings. The van der Waals surface area contributed by atoms with Crippen molar-refractivity contribution in [2.45, 2.75) is 33.1 Å². The summed E-state index contributed by atoms with van der Waals surface area (Å²) in [7, 11) is -12.2. The molecule has 45 heavy (non-hydrogen) atoms. The van der Waals surface area contributed by atoms with Gasteiger partial charge in [-0.3, -0.25) is 23.9 Å². The molecule has 1 aliphatic heterocycles. The Morgan fingerprint density at radius 3 is 2.02 bits per heavy atom. The second-order valence-electron chi connectivity index (χ2n) is 9.81. The number of hydrogen-bond donors (Lipinski definition) is 3. The van der Waals surface area contributed by atoms with Crippen LogP contribution in [0.2, 0.25) is 10.0 Å². The first-order valence-corrected chi connectivity index (χ1v) is 19.0. The van der Waals surface area contributed by atoms with E-state index >= 15 is 0 Å². The lowest BCUT2D eigenvalue weighted by atomic mass is 10.2. The first-order chi connectivity index (χ1) is 20.9. The average Bonchev–Trinajstić information content (AvgIpc) is 3.29. The summed E-state index contributed by atoms with van der Waals surface area (Å²) < 4.78 is 85.9. The van der Waals surface area contributed by atoms with Crippen LogP contribution in [-0.2, 0) is 30.4 Å². The van der Waals surface area contributed by atoms with Crippen molar-refractivity contribution in [3.63, 3.8) is 0 Å². The Morgan fingerprint density at radius 1 is 0.933 bits per heavy atom. The van der Waals surface area contributed by atoms with Crippen LogP contribution in [0.4, 0.5) is 0 Å². The Kier molecular flexibility index (Phi) is 12.4. The van der Waals surface area contributed by atoms with Gasteiger partial charge < -0.3 is 4.18 Å². The standard InChI is InChI=1S/C24H26Cl2N4O4S.C2H6O6S2/c1-3-35(32,33)34-19-10-8-18(9-11-19)30-16(2)22(24(31)28-29-13-5-4-6-14-29)27-23(30)20-12-7-17(25)15-21(20)26;3-9(4,5)1-2-10(6,7)8/h7-12,15H,3-6,13-14H2,1-2H3,(H,28,31);1-2H2,(H,3,4,5)(H,6,7,8). The molecule has 3 aromatic rings. The Labute approximate surface area is 271 Å². The maximum absolute atomic E-state index is 13.2. The van der Waals surface area contributed by atoms with Crippen molar-refractivity contribution >= 4 is 59.5 Å². The molecule has 0 radical (unpaired) electrons. The van der Waals surface area contributed by atoms with Gasteiger partial charge in [-0.25, -0.2) is 9.99 Å². The predicted molar refractivity (Wildman–Crippen MR) is 170 cm³/mol. The van der Waals surface area contributed by atoms with Crippen molar-refractivity contribution in [3.05, 3.63) is 63.9 Å². The third kappa shape index (κ3) is 11.2. The van der Waals surface area contributed by atoms with E-state index in [-0.39, 0.29) is 23.1 Å². The Morgan fingerprint density at radius 2 is 1.51 bits per heavy atom. The highest BCUT2D eigenvalue weighted by Gasteiger charge is 2.25. The zero-order valence-corrected chi connectivity index (χ0v) is 28.1. The number of carbonyl (C=O) groups excluding carboxylic acids is 1. The van der Waals surface area contributed by atoms with Crippen LogP contribution in [0.25, 0.3) is 17.1 Å². The molecule has 3 N–H and O–H groups in total. The lowest BCUT2D eigenvalue weighted by Crippen LogP contribution is -2.45. The number of piperidine rings is 1. The van der Waals surface area contributed by atoms with Gasteiger partial charge in [-0.1, -0.05) is 29.6 Å². The van der Waals surface area contributed by atoms with E-state index in [0.29, 0.717) is 32.8 Å². The van der Waals surface area contributed by atoms with Gasteiger partial charge in [0, 0.05) is 29.4 Å². The van der Waals surface area contributed by atoms with Crippen molar-refractivity contribution in [1.82, 2.24) is 20.0 Å². The SMILES string of the molecule is CCS(=O)(=O)Oc1ccc(-n2c(-c3ccc(Cl)cc3Cl)nc(C(=O)NN3CCCCC3)c2C)cc1.O=S(=O)(O)CCS(=O)(=O)O. The molecule has 0 spiro atoms. The van der Waals surface area contributed by atoms with Crippen LogP contribution >= 0.6 is 23.2 Å². The monoisotopic (exact) mass is 726 g/mol. The molecular formula is C26H32Cl2N4O10S3. The number of hydrogen-bond acceptors (Lipinski definition) is 10. The number of nitrogens with one attached hydrogen (secondary N) is 1. The molecule has 0 unspecified atom stereocenters. The number of aromatic nitrogens is 2. The summed E-state index contributed by atoms with van der Waals surface area (Å²) in [5, 5.41) is 2.79. The lowest BCUT2D eigenvalue weighted by Gasteiger charge is -2.26. The van der Waals surface area contributed by atoms with Crippen LogP contribution in [0.5, 0.6) is 5.75 Å². The lowest BCUT2D eigenvalue weighted by molar-refractivity contribution is 0.0744. The summed E-state index contributed by atoms with van der Waals surface area (Å²) in [6.07, 6.45) is 3.21. The molecule has 19 heteroatoms. The predicted octanol–water partition coefficient (Wildman–Crippen LogP) is 3.78. The number of amides is 1. The first-order valence-electron chi connectivity index (χ1n) is 13.4. The number of nitrogens with zero attached hydrogens (tertiary/aromatic N) is 3. The number of rotatable bonds is 10. The molecule has 14 nitrogen and oxygen atoms in total. The normalized spacial score (nSPS) is 14.4. The summed E-state index contributed by atoms with van der Waals surface area (Å²) in [4.78, 5) is 17.9. The smallest absolute Gasteiger partial charge is 0.308 e. The van der Waals surface area contributed by atoms with Crippen LogP contribution in [0.15, 0.2) is 42.5 Å². The third-order valence-electron chi connectivity index (χ3n) is 6.38. The van der Waals surface area contributed by atoms with Gasteiger partial charge in [-0.15, -0.1) is 0 Å². The highest BCUT2D eigenvalue weighted by molar-refractivity contribution is 7.89. The van der Waals surface area contributed by atoms with Crippen molar-refractivity contribution in [3.8, 4) is 22.8 Å². The average molecular weight is 728 g/mol. The number of benzene rings is 2. The van der Waals surface area contributed by atoms with E-state index in [1.165, 1.54) is 6.92 Å². The van der Waals surface area contributed by atoms with Gasteiger partial charge in [0.05, 0.1) is 28.0 Å². The molecule has 248 valence electrons. The van der Waals surface area contributed by atoms with Crippen molar-refractivity contribution in [2.24, 2.45) is 0 Å². The van der Waals surface area contributed by atoms with E-state index in [1.54, 1.807) is 54.0 Å². The molecule has 1 fully saturated rings. The maximum atomic E-state index is 13.2. The fourth-order valence-electron chi connectivity index (χ4n) is 4.15. The minimum absolute atomic E-state index is 0.135. The van der Waals surface area contributed by atoms with Gasteiger partial charge in [0.2, 0.25) is 0 Å². The summed E-state index contributed by atoms with van der Waals surface area (Å²) in [5.74, 6) is -1.74. The highest BCUT2D eigenvalue weighted by atomic mass is 35.5. The molecule has 1 saturated heterocycles. The largest absolute Gasteiger partial charge is 0.382 e. The van der Waals surface area contributed by atoms with E-state index in [9.17, 15) is 30.0 Å². The summed E-state index contributed by atoms with van der Waals surface area (Å²) in [5.41, 5.74) is 5.10. The molecular weight excluding hydrogens is 695 g/mol. The molecule has 2 aromatic carbocycles. The van der Waals surface area contributed by atoms with E-state index < -0.39 is 41.9 Å². The number of halogens is 2. The van der Waals surface area contributed by atoms with Crippen LogP contribution < -0.4 is 9.61 Å². The van der Waals surface area contributed by atoms with Gasteiger partial charge in [0.25, 0.3) is 26.1 Å². The zero-order valence-electron chi connectivity index (χ0n) is 24.2. The Bertz CT molecular complexity index is 1810. The van der Waals surface area contributed by atoms with Gasteiger partial charge in [-0.05, 0) is 69.2 Å². The van der Waals surface area contributed by atoms with Crippen molar-refractivity contribution < 1.29 is 43.3 Å². The van der Waals surface area contributed by atoms with Crippen LogP contribution in [0, 0.1) is 6.92 Å². The number of carbonyl (C=O) groups is 1. The number of hydrazine groups is 1. The van der Waals surface area contributed by atoms with Crippen LogP contribution in [0.1, 0.15) is 42.4 Å². The maximum Gasteiger partial charge on any atom is 0.308 e. The van der Waals surface area contributed by atoms with Gasteiger partial charge in [0.15, 0.2) is 5.69 Å². The van der Waals surface area contributed by atoms with Crippen molar-refractivity contribution in [1.29, 1.82) is 0 Å². The molecule has 1 aromatic heterocycles. The fourth-order valence-corrected chi connectivity index (χ4v) is 6.85. The minimum atomic E-state index is -4.30. The summed E-state index contributed by atoms with van der Waals surface area (Å²) in [6.45, 7) is 4.90. The third-order valence-corrected chi connectivity index (χ3v) is 9.78. The van der Waals surface area contributed by atoms with Crippen LogP contribution in [-0.4, -0.2) is 85.2 Å². The topological polar surface area (TPSA) is 202 Å². The van der Waals surface area contributed by atoms with E-state index in [4.69, 9.17) is 36.5 Å². The molecule has 0 saturated carbocycles. The quantitative estimate of drug-likeness (QED) is 0.202. The second kappa shape index (κ2) is 15.2. The Hall–Kier alpha value is -2.77. The summed E-state index contributed by atoms with van der Waals surface area (Å²) in [6, 6.07) is 11.6. The van der Waals surface area contributed by atoms with Gasteiger partial charge in [-0.2, -0.15) is 25.3 Å². The highest BCUT2D eigenvalue weighted by Crippen LogP contribution is 2.33. The van der Waals surface area contributed by atoms with Gasteiger partial charge in [0.1, 0.15) is 11.6 Å². The zero-order chi connectivity index (χ0) is 33.6. The minimum Gasteiger partial charge on any atom is -0.382 e.